The molecule has 0 aromatic carbocycles. The highest BCUT2D eigenvalue weighted by molar-refractivity contribution is 4.56. The average molecular weight is 202 g/mol. The number of hydrogen-bond acceptors (Lipinski definition) is 2. The van der Waals surface area contributed by atoms with Crippen molar-refractivity contribution in [2.75, 3.05) is 19.8 Å². The zero-order valence-corrected chi connectivity index (χ0v) is 9.80. The van der Waals surface area contributed by atoms with Crippen LogP contribution in [0.5, 0.6) is 0 Å². The highest BCUT2D eigenvalue weighted by Gasteiger charge is 2.05. The standard InChI is InChI=1S/C12H26O2/c1-3-5-6-8-12(4-2)11-14-10-7-9-13/h12-13H,3-11H2,1-2H3. The molecule has 86 valence electrons. The van der Waals surface area contributed by atoms with E-state index < -0.39 is 0 Å². The minimum absolute atomic E-state index is 0.243. The summed E-state index contributed by atoms with van der Waals surface area (Å²) >= 11 is 0. The van der Waals surface area contributed by atoms with Gasteiger partial charge < -0.3 is 9.84 Å². The van der Waals surface area contributed by atoms with E-state index in [1.54, 1.807) is 0 Å². The molecule has 0 rings (SSSR count). The van der Waals surface area contributed by atoms with Crippen molar-refractivity contribution in [3.8, 4) is 0 Å². The van der Waals surface area contributed by atoms with Gasteiger partial charge in [-0.2, -0.15) is 0 Å². The van der Waals surface area contributed by atoms with E-state index in [1.165, 1.54) is 32.1 Å². The molecule has 0 heterocycles. The third-order valence-corrected chi connectivity index (χ3v) is 2.59. The summed E-state index contributed by atoms with van der Waals surface area (Å²) in [6.45, 7) is 6.29. The molecule has 1 N–H and O–H groups in total. The van der Waals surface area contributed by atoms with Gasteiger partial charge in [-0.25, -0.2) is 0 Å². The minimum atomic E-state index is 0.243. The monoisotopic (exact) mass is 202 g/mol. The van der Waals surface area contributed by atoms with Gasteiger partial charge in [-0.05, 0) is 18.8 Å². The molecule has 0 aliphatic carbocycles. The minimum Gasteiger partial charge on any atom is -0.396 e. The Morgan fingerprint density at radius 1 is 1.14 bits per heavy atom. The maximum Gasteiger partial charge on any atom is 0.0494 e. The smallest absolute Gasteiger partial charge is 0.0494 e. The van der Waals surface area contributed by atoms with Crippen molar-refractivity contribution in [2.24, 2.45) is 5.92 Å². The first-order valence-electron chi connectivity index (χ1n) is 6.03. The predicted molar refractivity (Wildman–Crippen MR) is 60.4 cm³/mol. The molecule has 0 aromatic rings. The van der Waals surface area contributed by atoms with Crippen LogP contribution >= 0.6 is 0 Å². The second kappa shape index (κ2) is 11.0. The van der Waals surface area contributed by atoms with Gasteiger partial charge in [0.1, 0.15) is 0 Å². The highest BCUT2D eigenvalue weighted by atomic mass is 16.5. The van der Waals surface area contributed by atoms with Gasteiger partial charge in [0.05, 0.1) is 0 Å². The van der Waals surface area contributed by atoms with E-state index in [2.05, 4.69) is 13.8 Å². The Morgan fingerprint density at radius 3 is 2.50 bits per heavy atom. The number of aliphatic hydroxyl groups is 1. The van der Waals surface area contributed by atoms with Crippen molar-refractivity contribution in [1.82, 2.24) is 0 Å². The molecule has 2 nitrogen and oxygen atoms in total. The maximum absolute atomic E-state index is 8.58. The van der Waals surface area contributed by atoms with Crippen LogP contribution in [0.2, 0.25) is 0 Å². The first kappa shape index (κ1) is 13.9. The SMILES string of the molecule is CCCCCC(CC)COCCCO. The second-order valence-corrected chi connectivity index (χ2v) is 3.92. The lowest BCUT2D eigenvalue weighted by atomic mass is 10.00. The first-order chi connectivity index (χ1) is 6.85. The van der Waals surface area contributed by atoms with Gasteiger partial charge in [-0.1, -0.05) is 39.5 Å². The van der Waals surface area contributed by atoms with Crippen LogP contribution in [0.1, 0.15) is 52.4 Å². The van der Waals surface area contributed by atoms with Crippen LogP contribution in [-0.2, 0) is 4.74 Å². The van der Waals surface area contributed by atoms with E-state index in [9.17, 15) is 0 Å². The van der Waals surface area contributed by atoms with Crippen LogP contribution < -0.4 is 0 Å². The summed E-state index contributed by atoms with van der Waals surface area (Å²) in [5, 5.41) is 8.58. The Hall–Kier alpha value is -0.0800. The van der Waals surface area contributed by atoms with Gasteiger partial charge in [-0.3, -0.25) is 0 Å². The largest absolute Gasteiger partial charge is 0.396 e. The lowest BCUT2D eigenvalue weighted by Gasteiger charge is -2.14. The summed E-state index contributed by atoms with van der Waals surface area (Å²) in [5.41, 5.74) is 0. The lowest BCUT2D eigenvalue weighted by molar-refractivity contribution is 0.0819. The molecule has 2 heteroatoms. The Bertz CT molecular complexity index is 104. The fourth-order valence-corrected chi connectivity index (χ4v) is 1.50. The number of rotatable bonds is 10. The average Bonchev–Trinajstić information content (AvgIpc) is 2.22. The Balaban J connectivity index is 3.28. The molecule has 0 fully saturated rings. The summed E-state index contributed by atoms with van der Waals surface area (Å²) < 4.78 is 5.50. The molecule has 0 saturated heterocycles. The van der Waals surface area contributed by atoms with Gasteiger partial charge >= 0.3 is 0 Å². The lowest BCUT2D eigenvalue weighted by Crippen LogP contribution is -2.10. The Kier molecular flexibility index (Phi) is 10.9. The molecule has 14 heavy (non-hydrogen) atoms. The first-order valence-corrected chi connectivity index (χ1v) is 6.03. The predicted octanol–water partition coefficient (Wildman–Crippen LogP) is 2.99. The molecule has 0 aliphatic rings. The van der Waals surface area contributed by atoms with Crippen molar-refractivity contribution in [3.63, 3.8) is 0 Å². The summed E-state index contributed by atoms with van der Waals surface area (Å²) in [4.78, 5) is 0. The van der Waals surface area contributed by atoms with Crippen LogP contribution in [-0.4, -0.2) is 24.9 Å². The van der Waals surface area contributed by atoms with Crippen LogP contribution in [0.4, 0.5) is 0 Å². The highest BCUT2D eigenvalue weighted by Crippen LogP contribution is 2.13. The van der Waals surface area contributed by atoms with Gasteiger partial charge in [0.2, 0.25) is 0 Å². The number of unbranched alkanes of at least 4 members (excludes halogenated alkanes) is 2. The van der Waals surface area contributed by atoms with Crippen LogP contribution in [0, 0.1) is 5.92 Å². The molecular formula is C12H26O2. The van der Waals surface area contributed by atoms with E-state index in [1.807, 2.05) is 0 Å². The summed E-state index contributed by atoms with van der Waals surface area (Å²) in [6.07, 6.45) is 7.24. The molecule has 0 amide bonds. The van der Waals surface area contributed by atoms with Gasteiger partial charge in [0.25, 0.3) is 0 Å². The maximum atomic E-state index is 8.58. The Morgan fingerprint density at radius 2 is 1.93 bits per heavy atom. The van der Waals surface area contributed by atoms with Crippen molar-refractivity contribution in [2.45, 2.75) is 52.4 Å². The molecule has 0 aromatic heterocycles. The summed E-state index contributed by atoms with van der Waals surface area (Å²) in [6, 6.07) is 0. The number of hydrogen-bond donors (Lipinski definition) is 1. The summed E-state index contributed by atoms with van der Waals surface area (Å²) in [7, 11) is 0. The Labute approximate surface area is 88.7 Å². The molecule has 0 aliphatic heterocycles. The van der Waals surface area contributed by atoms with E-state index in [4.69, 9.17) is 9.84 Å². The zero-order chi connectivity index (χ0) is 10.6. The molecule has 1 unspecified atom stereocenters. The molecule has 0 radical (unpaired) electrons. The molecule has 0 bridgehead atoms. The normalized spacial score (nSPS) is 13.1. The van der Waals surface area contributed by atoms with Gasteiger partial charge in [0.15, 0.2) is 0 Å². The second-order valence-electron chi connectivity index (χ2n) is 3.92. The topological polar surface area (TPSA) is 29.5 Å². The zero-order valence-electron chi connectivity index (χ0n) is 9.80. The van der Waals surface area contributed by atoms with E-state index in [0.717, 1.165) is 18.9 Å². The van der Waals surface area contributed by atoms with Crippen LogP contribution in [0.25, 0.3) is 0 Å². The molecular weight excluding hydrogens is 176 g/mol. The van der Waals surface area contributed by atoms with Crippen molar-refractivity contribution >= 4 is 0 Å². The fraction of sp³-hybridized carbons (Fsp3) is 1.00. The van der Waals surface area contributed by atoms with Crippen LogP contribution in [0.15, 0.2) is 0 Å². The van der Waals surface area contributed by atoms with E-state index in [-0.39, 0.29) is 6.61 Å². The molecule has 1 atom stereocenters. The van der Waals surface area contributed by atoms with Gasteiger partial charge in [0, 0.05) is 19.8 Å². The third-order valence-electron chi connectivity index (χ3n) is 2.59. The van der Waals surface area contributed by atoms with Crippen molar-refractivity contribution < 1.29 is 9.84 Å². The fourth-order valence-electron chi connectivity index (χ4n) is 1.50. The quantitative estimate of drug-likeness (QED) is 0.552. The van der Waals surface area contributed by atoms with Crippen molar-refractivity contribution in [3.05, 3.63) is 0 Å². The third kappa shape index (κ3) is 8.52. The van der Waals surface area contributed by atoms with Gasteiger partial charge in [-0.15, -0.1) is 0 Å². The molecule has 0 saturated carbocycles. The van der Waals surface area contributed by atoms with Crippen molar-refractivity contribution in [1.29, 1.82) is 0 Å². The number of aliphatic hydroxyl groups excluding tert-OH is 1. The van der Waals surface area contributed by atoms with E-state index >= 15 is 0 Å². The number of ether oxygens (including phenoxy) is 1. The van der Waals surface area contributed by atoms with E-state index in [0.29, 0.717) is 6.61 Å². The van der Waals surface area contributed by atoms with Crippen LogP contribution in [0.3, 0.4) is 0 Å². The molecule has 0 spiro atoms. The summed E-state index contributed by atoms with van der Waals surface area (Å²) in [5.74, 6) is 0.722.